The largest absolute Gasteiger partial charge is 0.493 e. The number of rotatable bonds is 5. The first-order valence-electron chi connectivity index (χ1n) is 7.02. The number of hydrogen-bond donors (Lipinski definition) is 1. The maximum Gasteiger partial charge on any atom is 0.203 e. The molecule has 1 aromatic carbocycles. The lowest BCUT2D eigenvalue weighted by atomic mass is 10.1. The van der Waals surface area contributed by atoms with Crippen molar-refractivity contribution in [1.29, 1.82) is 0 Å². The predicted molar refractivity (Wildman–Crippen MR) is 86.9 cm³/mol. The Labute approximate surface area is 134 Å². The summed E-state index contributed by atoms with van der Waals surface area (Å²) in [6.07, 6.45) is 5.26. The summed E-state index contributed by atoms with van der Waals surface area (Å²) in [6.45, 7) is 0. The van der Waals surface area contributed by atoms with Gasteiger partial charge in [0.1, 0.15) is 5.82 Å². The van der Waals surface area contributed by atoms with Crippen LogP contribution in [0.4, 0.5) is 0 Å². The molecule has 0 bridgehead atoms. The van der Waals surface area contributed by atoms with Crippen molar-refractivity contribution in [1.82, 2.24) is 15.0 Å². The molecule has 23 heavy (non-hydrogen) atoms. The van der Waals surface area contributed by atoms with Gasteiger partial charge in [-0.25, -0.2) is 4.98 Å². The molecular weight excluding hydrogens is 294 g/mol. The number of pyridine rings is 1. The molecule has 0 radical (unpaired) electrons. The monoisotopic (exact) mass is 311 g/mol. The van der Waals surface area contributed by atoms with Gasteiger partial charge in [-0.3, -0.25) is 4.98 Å². The first kappa shape index (κ1) is 14.9. The minimum atomic E-state index is 0.561. The number of imidazole rings is 1. The van der Waals surface area contributed by atoms with Gasteiger partial charge in [-0.2, -0.15) is 0 Å². The average Bonchev–Trinajstić information content (AvgIpc) is 3.11. The molecule has 0 unspecified atom stereocenters. The molecule has 0 atom stereocenters. The summed E-state index contributed by atoms with van der Waals surface area (Å²) in [5.41, 5.74) is 2.66. The zero-order valence-corrected chi connectivity index (χ0v) is 13.2. The quantitative estimate of drug-likeness (QED) is 0.784. The van der Waals surface area contributed by atoms with Crippen LogP contribution in [0, 0.1) is 0 Å². The van der Waals surface area contributed by atoms with Crippen LogP contribution >= 0.6 is 0 Å². The van der Waals surface area contributed by atoms with E-state index in [1.165, 1.54) is 0 Å². The van der Waals surface area contributed by atoms with Crippen molar-refractivity contribution in [2.45, 2.75) is 0 Å². The third kappa shape index (κ3) is 2.83. The number of hydrogen-bond acceptors (Lipinski definition) is 5. The Morgan fingerprint density at radius 1 is 0.913 bits per heavy atom. The summed E-state index contributed by atoms with van der Waals surface area (Å²) in [4.78, 5) is 11.8. The third-order valence-corrected chi connectivity index (χ3v) is 3.49. The van der Waals surface area contributed by atoms with Crippen LogP contribution in [0.15, 0.2) is 42.9 Å². The van der Waals surface area contributed by atoms with Gasteiger partial charge < -0.3 is 19.2 Å². The number of ether oxygens (including phenoxy) is 3. The molecule has 0 saturated heterocycles. The molecule has 3 aromatic rings. The van der Waals surface area contributed by atoms with E-state index in [1.807, 2.05) is 24.3 Å². The molecule has 3 rings (SSSR count). The van der Waals surface area contributed by atoms with Gasteiger partial charge in [0.05, 0.1) is 33.2 Å². The molecule has 6 heteroatoms. The van der Waals surface area contributed by atoms with E-state index >= 15 is 0 Å². The van der Waals surface area contributed by atoms with E-state index in [1.54, 1.807) is 39.9 Å². The number of aromatic amines is 1. The molecule has 0 amide bonds. The number of benzene rings is 1. The summed E-state index contributed by atoms with van der Waals surface area (Å²) in [5, 5.41) is 0. The van der Waals surface area contributed by atoms with E-state index in [2.05, 4.69) is 15.0 Å². The fourth-order valence-electron chi connectivity index (χ4n) is 2.35. The van der Waals surface area contributed by atoms with Gasteiger partial charge in [0.2, 0.25) is 5.75 Å². The minimum absolute atomic E-state index is 0.561. The molecule has 0 fully saturated rings. The lowest BCUT2D eigenvalue weighted by Gasteiger charge is -2.13. The van der Waals surface area contributed by atoms with Gasteiger partial charge in [0, 0.05) is 23.5 Å². The molecule has 1 N–H and O–H groups in total. The highest BCUT2D eigenvalue weighted by atomic mass is 16.5. The van der Waals surface area contributed by atoms with Crippen molar-refractivity contribution < 1.29 is 14.2 Å². The summed E-state index contributed by atoms with van der Waals surface area (Å²) in [7, 11) is 4.76. The van der Waals surface area contributed by atoms with Gasteiger partial charge >= 0.3 is 0 Å². The molecule has 2 heterocycles. The van der Waals surface area contributed by atoms with Gasteiger partial charge in [-0.1, -0.05) is 0 Å². The predicted octanol–water partition coefficient (Wildman–Crippen LogP) is 3.16. The lowest BCUT2D eigenvalue weighted by Crippen LogP contribution is -1.95. The first-order valence-corrected chi connectivity index (χ1v) is 7.02. The topological polar surface area (TPSA) is 69.3 Å². The van der Waals surface area contributed by atoms with Crippen LogP contribution in [-0.4, -0.2) is 36.3 Å². The van der Waals surface area contributed by atoms with E-state index in [0.717, 1.165) is 22.6 Å². The van der Waals surface area contributed by atoms with Gasteiger partial charge in [-0.05, 0) is 24.3 Å². The summed E-state index contributed by atoms with van der Waals surface area (Å²) < 4.78 is 16.1. The second-order valence-electron chi connectivity index (χ2n) is 4.80. The summed E-state index contributed by atoms with van der Waals surface area (Å²) >= 11 is 0. The maximum absolute atomic E-state index is 5.38. The highest BCUT2D eigenvalue weighted by molar-refractivity contribution is 5.70. The molecule has 0 aliphatic carbocycles. The number of aromatic nitrogens is 3. The first-order chi connectivity index (χ1) is 11.3. The summed E-state index contributed by atoms with van der Waals surface area (Å²) in [5.74, 6) is 2.51. The molecular formula is C17H17N3O3. The Morgan fingerprint density at radius 3 is 2.22 bits per heavy atom. The Morgan fingerprint density at radius 2 is 1.65 bits per heavy atom. The van der Waals surface area contributed by atoms with Gasteiger partial charge in [-0.15, -0.1) is 0 Å². The molecule has 0 spiro atoms. The molecule has 0 saturated carbocycles. The highest BCUT2D eigenvalue weighted by Gasteiger charge is 2.15. The number of H-pyrrole nitrogens is 1. The van der Waals surface area contributed by atoms with E-state index in [0.29, 0.717) is 17.2 Å². The van der Waals surface area contributed by atoms with Crippen LogP contribution in [0.1, 0.15) is 0 Å². The van der Waals surface area contributed by atoms with Gasteiger partial charge in [0.25, 0.3) is 0 Å². The molecule has 0 aliphatic rings. The fourth-order valence-corrected chi connectivity index (χ4v) is 2.35. The minimum Gasteiger partial charge on any atom is -0.493 e. The van der Waals surface area contributed by atoms with Crippen molar-refractivity contribution in [2.75, 3.05) is 21.3 Å². The molecule has 118 valence electrons. The second-order valence-corrected chi connectivity index (χ2v) is 4.80. The average molecular weight is 311 g/mol. The van der Waals surface area contributed by atoms with E-state index in [9.17, 15) is 0 Å². The van der Waals surface area contributed by atoms with E-state index in [4.69, 9.17) is 14.2 Å². The molecule has 0 aliphatic heterocycles. The normalized spacial score (nSPS) is 10.4. The van der Waals surface area contributed by atoms with Crippen molar-refractivity contribution >= 4 is 0 Å². The number of nitrogens with one attached hydrogen (secondary N) is 1. The van der Waals surface area contributed by atoms with Crippen molar-refractivity contribution in [3.8, 4) is 39.9 Å². The zero-order valence-electron chi connectivity index (χ0n) is 13.2. The lowest BCUT2D eigenvalue weighted by molar-refractivity contribution is 0.324. The van der Waals surface area contributed by atoms with E-state index < -0.39 is 0 Å². The smallest absolute Gasteiger partial charge is 0.203 e. The van der Waals surface area contributed by atoms with Crippen LogP contribution in [-0.2, 0) is 0 Å². The van der Waals surface area contributed by atoms with Crippen LogP contribution in [0.3, 0.4) is 0 Å². The zero-order chi connectivity index (χ0) is 16.2. The van der Waals surface area contributed by atoms with Crippen molar-refractivity contribution in [2.24, 2.45) is 0 Å². The molecule has 2 aromatic heterocycles. The Balaban J connectivity index is 2.04. The van der Waals surface area contributed by atoms with Crippen molar-refractivity contribution in [3.63, 3.8) is 0 Å². The standard InChI is InChI=1S/C17H17N3O3/c1-21-14-7-12(8-15(22-2)16(14)23-3)13-10-19-17(20-13)11-5-4-6-18-9-11/h4-10H,1-3H3,(H,19,20). The van der Waals surface area contributed by atoms with Crippen LogP contribution < -0.4 is 14.2 Å². The van der Waals surface area contributed by atoms with Crippen LogP contribution in [0.2, 0.25) is 0 Å². The Kier molecular flexibility index (Phi) is 4.14. The van der Waals surface area contributed by atoms with E-state index in [-0.39, 0.29) is 0 Å². The summed E-state index contributed by atoms with van der Waals surface area (Å²) in [6, 6.07) is 7.57. The third-order valence-electron chi connectivity index (χ3n) is 3.49. The number of nitrogens with zero attached hydrogens (tertiary/aromatic N) is 2. The van der Waals surface area contributed by atoms with Crippen LogP contribution in [0.5, 0.6) is 17.2 Å². The maximum atomic E-state index is 5.38. The van der Waals surface area contributed by atoms with Gasteiger partial charge in [0.15, 0.2) is 11.5 Å². The highest BCUT2D eigenvalue weighted by Crippen LogP contribution is 2.41. The molecule has 6 nitrogen and oxygen atoms in total. The fraction of sp³-hybridized carbons (Fsp3) is 0.176. The number of methoxy groups -OCH3 is 3. The van der Waals surface area contributed by atoms with Crippen molar-refractivity contribution in [3.05, 3.63) is 42.9 Å². The Bertz CT molecular complexity index is 775. The van der Waals surface area contributed by atoms with Crippen LogP contribution in [0.25, 0.3) is 22.6 Å². The Hall–Kier alpha value is -3.02. The SMILES string of the molecule is COc1cc(-c2cnc(-c3cccnc3)[nH]2)cc(OC)c1OC. The second kappa shape index (κ2) is 6.39.